The summed E-state index contributed by atoms with van der Waals surface area (Å²) in [5.74, 6) is 1.95. The van der Waals surface area contributed by atoms with E-state index in [4.69, 9.17) is 14.2 Å². The number of carbonyl (C=O) groups is 1. The standard InChI is InChI=1S/C22H22N2O4S/c1-2-26-20-6-7-21-15(9-20)8-16(11-28-21)22(25)24-17-4-3-5-19(10-17)27-12-18-13-29-14-23-18/h3-7,9-10,13-14,16H,2,8,11-12H2,1H3,(H,24,25). The van der Waals surface area contributed by atoms with E-state index in [1.54, 1.807) is 5.51 Å². The third-order valence-electron chi connectivity index (χ3n) is 4.59. The second-order valence-corrected chi connectivity index (χ2v) is 7.42. The van der Waals surface area contributed by atoms with Crippen molar-refractivity contribution in [2.45, 2.75) is 20.0 Å². The van der Waals surface area contributed by atoms with Crippen LogP contribution in [0.2, 0.25) is 0 Å². The highest BCUT2D eigenvalue weighted by Gasteiger charge is 2.26. The highest BCUT2D eigenvalue weighted by atomic mass is 32.1. The number of benzene rings is 2. The van der Waals surface area contributed by atoms with Crippen LogP contribution < -0.4 is 19.5 Å². The lowest BCUT2D eigenvalue weighted by Crippen LogP contribution is -2.32. The molecule has 0 fully saturated rings. The summed E-state index contributed by atoms with van der Waals surface area (Å²) in [6.45, 7) is 3.30. The van der Waals surface area contributed by atoms with E-state index in [1.807, 2.05) is 54.8 Å². The molecule has 7 heteroatoms. The molecule has 1 aliphatic heterocycles. The van der Waals surface area contributed by atoms with Gasteiger partial charge in [-0.2, -0.15) is 0 Å². The minimum atomic E-state index is -0.265. The molecule has 0 saturated heterocycles. The summed E-state index contributed by atoms with van der Waals surface area (Å²) in [5.41, 5.74) is 4.34. The molecule has 0 bridgehead atoms. The highest BCUT2D eigenvalue weighted by molar-refractivity contribution is 7.07. The topological polar surface area (TPSA) is 69.7 Å². The lowest BCUT2D eigenvalue weighted by molar-refractivity contribution is -0.121. The Hall–Kier alpha value is -3.06. The monoisotopic (exact) mass is 410 g/mol. The van der Waals surface area contributed by atoms with Gasteiger partial charge in [0.1, 0.15) is 30.5 Å². The molecule has 1 amide bonds. The van der Waals surface area contributed by atoms with Gasteiger partial charge in [0.15, 0.2) is 0 Å². The predicted octanol–water partition coefficient (Wildman–Crippen LogP) is 4.31. The van der Waals surface area contributed by atoms with Gasteiger partial charge < -0.3 is 19.5 Å². The fourth-order valence-electron chi connectivity index (χ4n) is 3.17. The van der Waals surface area contributed by atoms with E-state index in [-0.39, 0.29) is 11.8 Å². The zero-order chi connectivity index (χ0) is 20.1. The normalized spacial score (nSPS) is 15.1. The molecule has 0 saturated carbocycles. The molecule has 150 valence electrons. The lowest BCUT2D eigenvalue weighted by Gasteiger charge is -2.25. The fraction of sp³-hybridized carbons (Fsp3) is 0.273. The Morgan fingerprint density at radius 1 is 1.24 bits per heavy atom. The van der Waals surface area contributed by atoms with Crippen molar-refractivity contribution >= 4 is 22.9 Å². The Bertz CT molecular complexity index is 975. The number of hydrogen-bond donors (Lipinski definition) is 1. The average molecular weight is 410 g/mol. The number of ether oxygens (including phenoxy) is 3. The number of hydrogen-bond acceptors (Lipinski definition) is 6. The smallest absolute Gasteiger partial charge is 0.231 e. The van der Waals surface area contributed by atoms with Crippen molar-refractivity contribution in [3.63, 3.8) is 0 Å². The van der Waals surface area contributed by atoms with Crippen molar-refractivity contribution in [1.82, 2.24) is 4.98 Å². The van der Waals surface area contributed by atoms with Gasteiger partial charge >= 0.3 is 0 Å². The van der Waals surface area contributed by atoms with Gasteiger partial charge in [-0.15, -0.1) is 11.3 Å². The molecule has 1 atom stereocenters. The summed E-state index contributed by atoms with van der Waals surface area (Å²) in [6, 6.07) is 13.1. The van der Waals surface area contributed by atoms with E-state index >= 15 is 0 Å². The van der Waals surface area contributed by atoms with Crippen LogP contribution in [-0.2, 0) is 17.8 Å². The van der Waals surface area contributed by atoms with Gasteiger partial charge in [0.25, 0.3) is 0 Å². The number of carbonyl (C=O) groups excluding carboxylic acids is 1. The maximum absolute atomic E-state index is 12.8. The van der Waals surface area contributed by atoms with Gasteiger partial charge in [-0.25, -0.2) is 4.98 Å². The summed E-state index contributed by atoms with van der Waals surface area (Å²) in [4.78, 5) is 17.0. The molecule has 29 heavy (non-hydrogen) atoms. The van der Waals surface area contributed by atoms with Crippen LogP contribution in [0.25, 0.3) is 0 Å². The summed E-state index contributed by atoms with van der Waals surface area (Å²) < 4.78 is 17.1. The van der Waals surface area contributed by atoms with Gasteiger partial charge in [0, 0.05) is 17.1 Å². The Kier molecular flexibility index (Phi) is 5.95. The maximum atomic E-state index is 12.8. The minimum absolute atomic E-state index is 0.0749. The number of thiazole rings is 1. The molecular weight excluding hydrogens is 388 g/mol. The van der Waals surface area contributed by atoms with E-state index in [0.29, 0.717) is 37.7 Å². The largest absolute Gasteiger partial charge is 0.494 e. The zero-order valence-electron chi connectivity index (χ0n) is 16.1. The second kappa shape index (κ2) is 8.96. The Morgan fingerprint density at radius 3 is 2.97 bits per heavy atom. The molecule has 1 aliphatic rings. The van der Waals surface area contributed by atoms with Crippen LogP contribution >= 0.6 is 11.3 Å². The van der Waals surface area contributed by atoms with Gasteiger partial charge in [-0.3, -0.25) is 4.79 Å². The molecule has 6 nitrogen and oxygen atoms in total. The van der Waals surface area contributed by atoms with Crippen LogP contribution in [0.15, 0.2) is 53.4 Å². The van der Waals surface area contributed by atoms with E-state index < -0.39 is 0 Å². The van der Waals surface area contributed by atoms with Crippen LogP contribution in [0, 0.1) is 5.92 Å². The molecule has 2 aromatic carbocycles. The van der Waals surface area contributed by atoms with Crippen molar-refractivity contribution in [3.8, 4) is 17.2 Å². The number of aromatic nitrogens is 1. The van der Waals surface area contributed by atoms with Gasteiger partial charge in [-0.05, 0) is 49.2 Å². The molecule has 4 rings (SSSR count). The van der Waals surface area contributed by atoms with Crippen molar-refractivity contribution in [3.05, 3.63) is 64.6 Å². The third-order valence-corrected chi connectivity index (χ3v) is 5.23. The van der Waals surface area contributed by atoms with Crippen molar-refractivity contribution in [2.24, 2.45) is 5.92 Å². The summed E-state index contributed by atoms with van der Waals surface area (Å²) in [7, 11) is 0. The van der Waals surface area contributed by atoms with Gasteiger partial charge in [0.05, 0.1) is 23.7 Å². The first-order chi connectivity index (χ1) is 14.2. The quantitative estimate of drug-likeness (QED) is 0.629. The predicted molar refractivity (Wildman–Crippen MR) is 112 cm³/mol. The minimum Gasteiger partial charge on any atom is -0.494 e. The Labute approximate surface area is 173 Å². The number of fused-ring (bicyclic) bond motifs is 1. The van der Waals surface area contributed by atoms with Crippen LogP contribution in [0.3, 0.4) is 0 Å². The van der Waals surface area contributed by atoms with Crippen molar-refractivity contribution in [2.75, 3.05) is 18.5 Å². The van der Waals surface area contributed by atoms with Gasteiger partial charge in [0.2, 0.25) is 5.91 Å². The van der Waals surface area contributed by atoms with Crippen molar-refractivity contribution in [1.29, 1.82) is 0 Å². The molecule has 1 aromatic heterocycles. The zero-order valence-corrected chi connectivity index (χ0v) is 16.9. The Balaban J connectivity index is 1.38. The fourth-order valence-corrected chi connectivity index (χ4v) is 3.71. The van der Waals surface area contributed by atoms with Crippen LogP contribution in [0.4, 0.5) is 5.69 Å². The number of rotatable bonds is 7. The first kappa shape index (κ1) is 19.3. The summed E-state index contributed by atoms with van der Waals surface area (Å²) >= 11 is 1.53. The molecule has 0 aliphatic carbocycles. The maximum Gasteiger partial charge on any atom is 0.231 e. The van der Waals surface area contributed by atoms with Crippen LogP contribution in [0.1, 0.15) is 18.2 Å². The van der Waals surface area contributed by atoms with Crippen LogP contribution in [0.5, 0.6) is 17.2 Å². The number of nitrogens with one attached hydrogen (secondary N) is 1. The van der Waals surface area contributed by atoms with E-state index in [0.717, 1.165) is 22.8 Å². The second-order valence-electron chi connectivity index (χ2n) is 6.70. The number of nitrogens with zero attached hydrogens (tertiary/aromatic N) is 1. The molecule has 2 heterocycles. The third kappa shape index (κ3) is 4.86. The van der Waals surface area contributed by atoms with Crippen LogP contribution in [-0.4, -0.2) is 24.1 Å². The summed E-state index contributed by atoms with van der Waals surface area (Å²) in [6.07, 6.45) is 0.613. The molecule has 0 radical (unpaired) electrons. The molecule has 3 aromatic rings. The first-order valence-electron chi connectivity index (χ1n) is 9.50. The first-order valence-corrected chi connectivity index (χ1v) is 10.4. The number of anilines is 1. The van der Waals surface area contributed by atoms with E-state index in [2.05, 4.69) is 10.3 Å². The lowest BCUT2D eigenvalue weighted by atomic mass is 9.95. The number of amides is 1. The van der Waals surface area contributed by atoms with E-state index in [1.165, 1.54) is 11.3 Å². The van der Waals surface area contributed by atoms with Gasteiger partial charge in [-0.1, -0.05) is 6.07 Å². The Morgan fingerprint density at radius 2 is 2.14 bits per heavy atom. The summed E-state index contributed by atoms with van der Waals surface area (Å²) in [5, 5.41) is 4.92. The average Bonchev–Trinajstić information content (AvgIpc) is 3.26. The molecular formula is C22H22N2O4S. The molecule has 1 N–H and O–H groups in total. The van der Waals surface area contributed by atoms with Crippen molar-refractivity contribution < 1.29 is 19.0 Å². The van der Waals surface area contributed by atoms with E-state index in [9.17, 15) is 4.79 Å². The molecule has 1 unspecified atom stereocenters. The highest BCUT2D eigenvalue weighted by Crippen LogP contribution is 2.31. The molecule has 0 spiro atoms. The SMILES string of the molecule is CCOc1ccc2c(c1)CC(C(=O)Nc1cccc(OCc3cscn3)c1)CO2.